The van der Waals surface area contributed by atoms with Crippen molar-refractivity contribution in [1.82, 2.24) is 5.32 Å². The Labute approximate surface area is 144 Å². The molecule has 0 fully saturated rings. The zero-order valence-electron chi connectivity index (χ0n) is 12.4. The van der Waals surface area contributed by atoms with Crippen LogP contribution < -0.4 is 16.4 Å². The minimum absolute atomic E-state index is 0.534. The Morgan fingerprint density at radius 2 is 1.87 bits per heavy atom. The van der Waals surface area contributed by atoms with E-state index in [9.17, 15) is 9.59 Å². The molecule has 0 atom stereocenters. The lowest BCUT2D eigenvalue weighted by Crippen LogP contribution is -2.32. The highest BCUT2D eigenvalue weighted by molar-refractivity contribution is 7.80. The molecule has 9 heteroatoms. The van der Waals surface area contributed by atoms with E-state index in [1.165, 1.54) is 0 Å². The first-order chi connectivity index (χ1) is 10.8. The van der Waals surface area contributed by atoms with Crippen LogP contribution in [0.5, 0.6) is 0 Å². The average Bonchev–Trinajstić information content (AvgIpc) is 2.46. The second-order valence-corrected chi connectivity index (χ2v) is 4.98. The van der Waals surface area contributed by atoms with E-state index < -0.39 is 11.9 Å². The molecule has 0 amide bonds. The van der Waals surface area contributed by atoms with Crippen molar-refractivity contribution in [3.8, 4) is 0 Å². The lowest BCUT2D eigenvalue weighted by atomic mass is 10.2. The van der Waals surface area contributed by atoms with Gasteiger partial charge in [0.1, 0.15) is 0 Å². The molecule has 0 spiro atoms. The summed E-state index contributed by atoms with van der Waals surface area (Å²) in [6.07, 6.45) is 1.12. The number of carboxylic acid groups (broad SMARTS) is 2. The molecule has 0 radical (unpaired) electrons. The fourth-order valence-electron chi connectivity index (χ4n) is 1.22. The van der Waals surface area contributed by atoms with E-state index in [0.29, 0.717) is 35.4 Å². The molecule has 1 aromatic rings. The van der Waals surface area contributed by atoms with Crippen LogP contribution in [0.2, 0.25) is 5.02 Å². The van der Waals surface area contributed by atoms with Crippen molar-refractivity contribution in [2.45, 2.75) is 6.92 Å². The number of nitrogens with one attached hydrogen (secondary N) is 2. The van der Waals surface area contributed by atoms with Gasteiger partial charge in [-0.1, -0.05) is 17.7 Å². The number of anilines is 1. The first-order valence-electron chi connectivity index (χ1n) is 6.41. The molecule has 0 unspecified atom stereocenters. The number of carbonyl (C=O) groups is 2. The van der Waals surface area contributed by atoms with Crippen molar-refractivity contribution in [2.75, 3.05) is 18.4 Å². The van der Waals surface area contributed by atoms with Gasteiger partial charge >= 0.3 is 11.9 Å². The Morgan fingerprint density at radius 1 is 1.30 bits per heavy atom. The van der Waals surface area contributed by atoms with E-state index in [1.807, 2.05) is 25.1 Å². The van der Waals surface area contributed by atoms with Crippen LogP contribution in [0.4, 0.5) is 5.69 Å². The maximum absolute atomic E-state index is 9.55. The number of halogens is 1. The third-order valence-electron chi connectivity index (χ3n) is 2.17. The van der Waals surface area contributed by atoms with Crippen LogP contribution in [0, 0.1) is 6.92 Å². The number of nitrogens with two attached hydrogens (primary N) is 1. The highest BCUT2D eigenvalue weighted by Gasteiger charge is 2.01. The van der Waals surface area contributed by atoms with Gasteiger partial charge in [0.2, 0.25) is 0 Å². The van der Waals surface area contributed by atoms with Crippen LogP contribution in [0.1, 0.15) is 5.56 Å². The number of hydrogen-bond acceptors (Lipinski definition) is 4. The van der Waals surface area contributed by atoms with Crippen LogP contribution in [-0.4, -0.2) is 40.4 Å². The maximum Gasteiger partial charge on any atom is 0.328 e. The van der Waals surface area contributed by atoms with Gasteiger partial charge in [-0.05, 0) is 36.8 Å². The Bertz CT molecular complexity index is 577. The minimum Gasteiger partial charge on any atom is -0.478 e. The van der Waals surface area contributed by atoms with Gasteiger partial charge in [0.05, 0.1) is 10.7 Å². The van der Waals surface area contributed by atoms with Crippen molar-refractivity contribution in [1.29, 1.82) is 0 Å². The molecule has 1 aromatic carbocycles. The Balaban J connectivity index is 0.000000515. The number of rotatable bonds is 5. The molecule has 0 aromatic heterocycles. The summed E-state index contributed by atoms with van der Waals surface area (Å²) >= 11 is 11.1. The quantitative estimate of drug-likeness (QED) is 0.396. The summed E-state index contributed by atoms with van der Waals surface area (Å²) in [5.41, 5.74) is 7.26. The second-order valence-electron chi connectivity index (χ2n) is 4.16. The SMILES string of the molecule is Cc1ccc(NC(=S)NCCN)c(Cl)c1.O=C(O)/C=C\C(=O)O. The fraction of sp³-hybridized carbons (Fsp3) is 0.214. The largest absolute Gasteiger partial charge is 0.478 e. The van der Waals surface area contributed by atoms with E-state index in [-0.39, 0.29) is 0 Å². The van der Waals surface area contributed by atoms with Crippen molar-refractivity contribution in [2.24, 2.45) is 5.73 Å². The molecule has 0 saturated carbocycles. The average molecular weight is 360 g/mol. The molecule has 6 N–H and O–H groups in total. The predicted octanol–water partition coefficient (Wildman–Crippen LogP) is 1.61. The number of thiocarbonyl (C=S) groups is 1. The maximum atomic E-state index is 9.55. The summed E-state index contributed by atoms with van der Waals surface area (Å²) in [4.78, 5) is 19.1. The molecule has 126 valence electrons. The summed E-state index contributed by atoms with van der Waals surface area (Å²) in [6.45, 7) is 3.18. The zero-order valence-corrected chi connectivity index (χ0v) is 13.9. The predicted molar refractivity (Wildman–Crippen MR) is 93.9 cm³/mol. The summed E-state index contributed by atoms with van der Waals surface area (Å²) in [7, 11) is 0. The van der Waals surface area contributed by atoms with Gasteiger partial charge in [0.25, 0.3) is 0 Å². The van der Waals surface area contributed by atoms with Gasteiger partial charge in [-0.3, -0.25) is 0 Å². The fourth-order valence-corrected chi connectivity index (χ4v) is 1.71. The van der Waals surface area contributed by atoms with Gasteiger partial charge in [-0.2, -0.15) is 0 Å². The highest BCUT2D eigenvalue weighted by atomic mass is 35.5. The molecule has 0 heterocycles. The Morgan fingerprint density at radius 3 is 2.30 bits per heavy atom. The lowest BCUT2D eigenvalue weighted by Gasteiger charge is -2.11. The molecule has 0 aliphatic rings. The summed E-state index contributed by atoms with van der Waals surface area (Å²) in [5, 5.41) is 22.8. The molecule has 0 bridgehead atoms. The number of aryl methyl sites for hydroxylation is 1. The Hall–Kier alpha value is -2.16. The standard InChI is InChI=1S/C10H14ClN3S.C4H4O4/c1-7-2-3-9(8(11)6-7)14-10(15)13-5-4-12;5-3(6)1-2-4(7)8/h2-3,6H,4-5,12H2,1H3,(H2,13,14,15);1-2H,(H,5,6)(H,7,8)/b;2-1-. The van der Waals surface area contributed by atoms with E-state index in [1.54, 1.807) is 0 Å². The smallest absolute Gasteiger partial charge is 0.328 e. The summed E-state index contributed by atoms with van der Waals surface area (Å²) in [5.74, 6) is -2.51. The molecule has 0 aliphatic carbocycles. The lowest BCUT2D eigenvalue weighted by molar-refractivity contribution is -0.134. The van der Waals surface area contributed by atoms with E-state index in [0.717, 1.165) is 11.3 Å². The van der Waals surface area contributed by atoms with Crippen molar-refractivity contribution in [3.05, 3.63) is 40.9 Å². The van der Waals surface area contributed by atoms with Gasteiger partial charge in [0, 0.05) is 25.2 Å². The summed E-state index contributed by atoms with van der Waals surface area (Å²) < 4.78 is 0. The van der Waals surface area contributed by atoms with Crippen LogP contribution in [0.3, 0.4) is 0 Å². The Kier molecular flexibility index (Phi) is 10.3. The molecular weight excluding hydrogens is 342 g/mol. The van der Waals surface area contributed by atoms with E-state index in [4.69, 9.17) is 39.8 Å². The number of aliphatic carboxylic acids is 2. The van der Waals surface area contributed by atoms with Crippen LogP contribution >= 0.6 is 23.8 Å². The first kappa shape index (κ1) is 20.8. The third-order valence-corrected chi connectivity index (χ3v) is 2.73. The van der Waals surface area contributed by atoms with Crippen molar-refractivity contribution in [3.63, 3.8) is 0 Å². The molecular formula is C14H18ClN3O4S. The van der Waals surface area contributed by atoms with E-state index >= 15 is 0 Å². The van der Waals surface area contributed by atoms with Gasteiger partial charge in [-0.25, -0.2) is 9.59 Å². The van der Waals surface area contributed by atoms with Gasteiger partial charge in [-0.15, -0.1) is 0 Å². The number of carboxylic acids is 2. The highest BCUT2D eigenvalue weighted by Crippen LogP contribution is 2.22. The molecule has 0 aliphatic heterocycles. The topological polar surface area (TPSA) is 125 Å². The normalized spacial score (nSPS) is 9.70. The van der Waals surface area contributed by atoms with E-state index in [2.05, 4.69) is 10.6 Å². The van der Waals surface area contributed by atoms with Crippen LogP contribution in [0.15, 0.2) is 30.4 Å². The zero-order chi connectivity index (χ0) is 17.8. The molecule has 0 saturated heterocycles. The molecule has 1 rings (SSSR count). The first-order valence-corrected chi connectivity index (χ1v) is 7.20. The number of hydrogen-bond donors (Lipinski definition) is 5. The second kappa shape index (κ2) is 11.4. The van der Waals surface area contributed by atoms with Gasteiger partial charge in [0.15, 0.2) is 5.11 Å². The van der Waals surface area contributed by atoms with Crippen molar-refractivity contribution >= 4 is 46.6 Å². The monoisotopic (exact) mass is 359 g/mol. The summed E-state index contributed by atoms with van der Waals surface area (Å²) in [6, 6.07) is 5.75. The minimum atomic E-state index is -1.26. The van der Waals surface area contributed by atoms with Crippen LogP contribution in [-0.2, 0) is 9.59 Å². The number of benzene rings is 1. The van der Waals surface area contributed by atoms with Gasteiger partial charge < -0.3 is 26.6 Å². The van der Waals surface area contributed by atoms with Crippen molar-refractivity contribution < 1.29 is 19.8 Å². The molecule has 23 heavy (non-hydrogen) atoms. The third kappa shape index (κ3) is 11.1. The molecule has 7 nitrogen and oxygen atoms in total. The van der Waals surface area contributed by atoms with Crippen LogP contribution in [0.25, 0.3) is 0 Å².